The SMILES string of the molecule is CC(O)c1oc(=O)c2ccccc2c1C#CCN(C)C(=O)OCc1ccccc1. The number of hydrogen-bond donors (Lipinski definition) is 1. The van der Waals surface area contributed by atoms with E-state index in [1.807, 2.05) is 30.3 Å². The van der Waals surface area contributed by atoms with Crippen molar-refractivity contribution in [2.45, 2.75) is 19.6 Å². The number of aliphatic hydroxyl groups is 1. The van der Waals surface area contributed by atoms with Crippen LogP contribution in [0, 0.1) is 11.8 Å². The highest BCUT2D eigenvalue weighted by Gasteiger charge is 2.16. The highest BCUT2D eigenvalue weighted by atomic mass is 16.6. The summed E-state index contributed by atoms with van der Waals surface area (Å²) in [7, 11) is 1.58. The minimum Gasteiger partial charge on any atom is -0.445 e. The van der Waals surface area contributed by atoms with E-state index in [4.69, 9.17) is 9.15 Å². The van der Waals surface area contributed by atoms with Gasteiger partial charge >= 0.3 is 11.7 Å². The quantitative estimate of drug-likeness (QED) is 0.689. The molecule has 0 aliphatic rings. The fourth-order valence-electron chi connectivity index (χ4n) is 2.78. The molecule has 3 aromatic rings. The molecule has 0 aliphatic carbocycles. The second kappa shape index (κ2) is 9.09. The average molecular weight is 391 g/mol. The minimum atomic E-state index is -0.995. The van der Waals surface area contributed by atoms with E-state index in [-0.39, 0.29) is 18.9 Å². The van der Waals surface area contributed by atoms with Gasteiger partial charge in [-0.1, -0.05) is 60.4 Å². The molecule has 0 saturated heterocycles. The molecule has 2 aromatic carbocycles. The molecule has 1 amide bonds. The van der Waals surface area contributed by atoms with E-state index in [1.165, 1.54) is 11.8 Å². The molecule has 148 valence electrons. The third-order valence-electron chi connectivity index (χ3n) is 4.29. The lowest BCUT2D eigenvalue weighted by Crippen LogP contribution is -2.27. The zero-order valence-electron chi connectivity index (χ0n) is 16.2. The summed E-state index contributed by atoms with van der Waals surface area (Å²) in [5.74, 6) is 5.93. The number of ether oxygens (including phenoxy) is 1. The Balaban J connectivity index is 1.76. The predicted octanol–water partition coefficient (Wildman–Crippen LogP) is 3.47. The van der Waals surface area contributed by atoms with E-state index in [1.54, 1.807) is 31.3 Å². The fourth-order valence-corrected chi connectivity index (χ4v) is 2.78. The van der Waals surface area contributed by atoms with Crippen molar-refractivity contribution in [1.82, 2.24) is 4.90 Å². The molecule has 6 heteroatoms. The standard InChI is InChI=1S/C23H21NO5/c1-16(25)21-19(18-11-6-7-12-20(18)22(26)29-21)13-8-14-24(2)23(27)28-15-17-9-4-3-5-10-17/h3-7,9-12,16,25H,14-15H2,1-2H3. The fraction of sp³-hybridized carbons (Fsp3) is 0.217. The number of carbonyl (C=O) groups excluding carboxylic acids is 1. The molecule has 3 rings (SSSR count). The molecule has 6 nitrogen and oxygen atoms in total. The first-order valence-corrected chi connectivity index (χ1v) is 9.12. The minimum absolute atomic E-state index is 0.107. The lowest BCUT2D eigenvalue weighted by molar-refractivity contribution is 0.109. The van der Waals surface area contributed by atoms with Gasteiger partial charge in [0, 0.05) is 12.4 Å². The Bertz CT molecular complexity index is 1120. The van der Waals surface area contributed by atoms with Gasteiger partial charge < -0.3 is 19.2 Å². The number of benzene rings is 2. The van der Waals surface area contributed by atoms with Gasteiger partial charge in [-0.15, -0.1) is 0 Å². The molecule has 1 aromatic heterocycles. The van der Waals surface area contributed by atoms with E-state index >= 15 is 0 Å². The zero-order valence-corrected chi connectivity index (χ0v) is 16.2. The molecule has 0 bridgehead atoms. The highest BCUT2D eigenvalue weighted by molar-refractivity contribution is 5.87. The van der Waals surface area contributed by atoms with Crippen molar-refractivity contribution in [2.75, 3.05) is 13.6 Å². The number of hydrogen-bond acceptors (Lipinski definition) is 5. The number of rotatable bonds is 4. The maximum Gasteiger partial charge on any atom is 0.410 e. The van der Waals surface area contributed by atoms with E-state index in [2.05, 4.69) is 11.8 Å². The van der Waals surface area contributed by atoms with Gasteiger partial charge in [-0.05, 0) is 18.6 Å². The first-order chi connectivity index (χ1) is 14.0. The summed E-state index contributed by atoms with van der Waals surface area (Å²) in [6, 6.07) is 16.3. The van der Waals surface area contributed by atoms with Gasteiger partial charge in [0.2, 0.25) is 0 Å². The van der Waals surface area contributed by atoms with Crippen LogP contribution in [0.2, 0.25) is 0 Å². The molecule has 1 heterocycles. The third-order valence-corrected chi connectivity index (χ3v) is 4.29. The van der Waals surface area contributed by atoms with Crippen LogP contribution in [0.15, 0.2) is 63.8 Å². The van der Waals surface area contributed by atoms with Crippen LogP contribution < -0.4 is 5.63 Å². The molecular weight excluding hydrogens is 370 g/mol. The second-order valence-corrected chi connectivity index (χ2v) is 6.55. The monoisotopic (exact) mass is 391 g/mol. The summed E-state index contributed by atoms with van der Waals surface area (Å²) >= 11 is 0. The molecular formula is C23H21NO5. The van der Waals surface area contributed by atoms with Gasteiger partial charge in [-0.3, -0.25) is 0 Å². The number of nitrogens with zero attached hydrogens (tertiary/aromatic N) is 1. The van der Waals surface area contributed by atoms with Gasteiger partial charge in [0.05, 0.1) is 17.5 Å². The molecule has 0 fully saturated rings. The maximum atomic E-state index is 12.1. The molecule has 0 radical (unpaired) electrons. The summed E-state index contributed by atoms with van der Waals surface area (Å²) in [6.07, 6.45) is -1.49. The zero-order chi connectivity index (χ0) is 20.8. The van der Waals surface area contributed by atoms with Crippen molar-refractivity contribution >= 4 is 16.9 Å². The van der Waals surface area contributed by atoms with Crippen molar-refractivity contribution in [3.63, 3.8) is 0 Å². The molecule has 0 spiro atoms. The molecule has 1 atom stereocenters. The average Bonchev–Trinajstić information content (AvgIpc) is 2.74. The first kappa shape index (κ1) is 20.2. The van der Waals surface area contributed by atoms with E-state index < -0.39 is 17.8 Å². The Hall–Kier alpha value is -3.56. The normalized spacial score (nSPS) is 11.4. The van der Waals surface area contributed by atoms with Crippen molar-refractivity contribution in [3.8, 4) is 11.8 Å². The van der Waals surface area contributed by atoms with Gasteiger partial charge in [0.1, 0.15) is 12.7 Å². The Morgan fingerprint density at radius 3 is 2.48 bits per heavy atom. The van der Waals surface area contributed by atoms with Crippen LogP contribution in [0.1, 0.15) is 29.9 Å². The number of fused-ring (bicyclic) bond motifs is 1. The van der Waals surface area contributed by atoms with E-state index in [0.29, 0.717) is 16.3 Å². The number of amides is 1. The van der Waals surface area contributed by atoms with Crippen LogP contribution in [-0.4, -0.2) is 29.7 Å². The summed E-state index contributed by atoms with van der Waals surface area (Å²) in [6.45, 7) is 1.80. The van der Waals surface area contributed by atoms with Crippen LogP contribution in [-0.2, 0) is 11.3 Å². The Kier molecular flexibility index (Phi) is 6.32. The van der Waals surface area contributed by atoms with Crippen LogP contribution in [0.3, 0.4) is 0 Å². The lowest BCUT2D eigenvalue weighted by Gasteiger charge is -2.14. The smallest absolute Gasteiger partial charge is 0.410 e. The third kappa shape index (κ3) is 4.84. The Morgan fingerprint density at radius 1 is 1.14 bits per heavy atom. The van der Waals surface area contributed by atoms with E-state index in [0.717, 1.165) is 5.56 Å². The van der Waals surface area contributed by atoms with Crippen LogP contribution in [0.4, 0.5) is 4.79 Å². The van der Waals surface area contributed by atoms with Crippen molar-refractivity contribution in [3.05, 3.63) is 81.9 Å². The number of carbonyl (C=O) groups is 1. The molecule has 1 N–H and O–H groups in total. The summed E-state index contributed by atoms with van der Waals surface area (Å²) in [4.78, 5) is 25.6. The van der Waals surface area contributed by atoms with Crippen molar-refractivity contribution in [1.29, 1.82) is 0 Å². The maximum absolute atomic E-state index is 12.1. The lowest BCUT2D eigenvalue weighted by atomic mass is 10.0. The van der Waals surface area contributed by atoms with Crippen LogP contribution >= 0.6 is 0 Å². The van der Waals surface area contributed by atoms with Gasteiger partial charge in [0.15, 0.2) is 5.76 Å². The Morgan fingerprint density at radius 2 is 1.79 bits per heavy atom. The largest absolute Gasteiger partial charge is 0.445 e. The topological polar surface area (TPSA) is 80.0 Å². The molecule has 1 unspecified atom stereocenters. The van der Waals surface area contributed by atoms with Gasteiger partial charge in [0.25, 0.3) is 0 Å². The second-order valence-electron chi connectivity index (χ2n) is 6.55. The molecule has 0 saturated carbocycles. The Labute approximate surface area is 168 Å². The van der Waals surface area contributed by atoms with Gasteiger partial charge in [-0.25, -0.2) is 9.59 Å². The van der Waals surface area contributed by atoms with Crippen LogP contribution in [0.25, 0.3) is 10.8 Å². The summed E-state index contributed by atoms with van der Waals surface area (Å²) < 4.78 is 10.5. The summed E-state index contributed by atoms with van der Waals surface area (Å²) in [5, 5.41) is 11.0. The number of aliphatic hydroxyl groups excluding tert-OH is 1. The van der Waals surface area contributed by atoms with Gasteiger partial charge in [-0.2, -0.15) is 0 Å². The van der Waals surface area contributed by atoms with Crippen LogP contribution in [0.5, 0.6) is 0 Å². The van der Waals surface area contributed by atoms with E-state index in [9.17, 15) is 14.7 Å². The molecule has 0 aliphatic heterocycles. The predicted molar refractivity (Wildman–Crippen MR) is 109 cm³/mol. The molecule has 29 heavy (non-hydrogen) atoms. The summed E-state index contributed by atoms with van der Waals surface area (Å²) in [5.41, 5.74) is 0.803. The van der Waals surface area contributed by atoms with Crippen molar-refractivity contribution in [2.24, 2.45) is 0 Å². The first-order valence-electron chi connectivity index (χ1n) is 9.12. The van der Waals surface area contributed by atoms with Crippen molar-refractivity contribution < 1.29 is 19.1 Å². The highest BCUT2D eigenvalue weighted by Crippen LogP contribution is 2.23.